The van der Waals surface area contributed by atoms with Crippen molar-refractivity contribution >= 4 is 9.47 Å². The van der Waals surface area contributed by atoms with Gasteiger partial charge in [-0.15, -0.1) is 0 Å². The normalized spacial score (nSPS) is 9.83. The second-order valence-corrected chi connectivity index (χ2v) is 5.26. The fourth-order valence-electron chi connectivity index (χ4n) is 2.35. The average molecular weight is 317 g/mol. The molecule has 0 aliphatic rings. The summed E-state index contributed by atoms with van der Waals surface area (Å²) in [4.78, 5) is 4.36. The van der Waals surface area contributed by atoms with E-state index < -0.39 is 0 Å². The molecule has 1 aromatic heterocycles. The van der Waals surface area contributed by atoms with Crippen molar-refractivity contribution in [3.8, 4) is 39.8 Å². The van der Waals surface area contributed by atoms with E-state index in [-0.39, 0.29) is 0 Å². The van der Waals surface area contributed by atoms with Crippen molar-refractivity contribution < 1.29 is 4.52 Å². The predicted molar refractivity (Wildman–Crippen MR) is 98.0 cm³/mol. The van der Waals surface area contributed by atoms with E-state index in [1.54, 1.807) is 0 Å². The Bertz CT molecular complexity index is 841. The maximum absolute atomic E-state index is 5.11. The van der Waals surface area contributed by atoms with Crippen LogP contribution >= 0.6 is 9.47 Å². The van der Waals surface area contributed by atoms with Gasteiger partial charge in [-0.1, -0.05) is 48.4 Å². The minimum Gasteiger partial charge on any atom is -0.480 e. The molecule has 0 bridgehead atoms. The second kappa shape index (κ2) is 7.09. The lowest BCUT2D eigenvalue weighted by Gasteiger charge is -2.06. The summed E-state index contributed by atoms with van der Waals surface area (Å²) in [5.41, 5.74) is 5.36. The van der Waals surface area contributed by atoms with Gasteiger partial charge in [0.25, 0.3) is 0 Å². The number of aromatic nitrogens is 1. The fraction of sp³-hybridized carbons (Fsp3) is 0.0500. The lowest BCUT2D eigenvalue weighted by Crippen LogP contribution is -1.85. The molecule has 0 saturated heterocycles. The summed E-state index contributed by atoms with van der Waals surface area (Å²) in [5.74, 6) is 6.64. The van der Waals surface area contributed by atoms with Gasteiger partial charge in [-0.25, -0.2) is 4.98 Å². The standard InChI is InChI=1S/C20H16NOP/c1-2-3-19-11-8-18(14-21-19)17-6-4-15(5-7-17)16-9-12-20(22-23)13-10-16/h4-14H,23H2,1H3. The Balaban J connectivity index is 1.84. The first kappa shape index (κ1) is 15.3. The Kier molecular flexibility index (Phi) is 4.71. The Hall–Kier alpha value is -2.62. The van der Waals surface area contributed by atoms with E-state index in [0.29, 0.717) is 0 Å². The van der Waals surface area contributed by atoms with Crippen molar-refractivity contribution in [1.29, 1.82) is 0 Å². The molecular weight excluding hydrogens is 301 g/mol. The molecule has 2 nitrogen and oxygen atoms in total. The van der Waals surface area contributed by atoms with Gasteiger partial charge in [-0.2, -0.15) is 0 Å². The molecule has 1 atom stereocenters. The van der Waals surface area contributed by atoms with Crippen molar-refractivity contribution in [2.75, 3.05) is 0 Å². The topological polar surface area (TPSA) is 22.1 Å². The number of benzene rings is 2. The summed E-state index contributed by atoms with van der Waals surface area (Å²) in [5, 5.41) is 0. The van der Waals surface area contributed by atoms with Gasteiger partial charge >= 0.3 is 0 Å². The first-order chi connectivity index (χ1) is 11.3. The summed E-state index contributed by atoms with van der Waals surface area (Å²) in [6.07, 6.45) is 1.86. The third-order valence-electron chi connectivity index (χ3n) is 3.56. The Morgan fingerprint density at radius 1 is 0.783 bits per heavy atom. The SMILES string of the molecule is CC#Cc1ccc(-c2ccc(-c3ccc(OP)cc3)cc2)cn1. The first-order valence-corrected chi connectivity index (χ1v) is 7.74. The quantitative estimate of drug-likeness (QED) is 0.503. The maximum Gasteiger partial charge on any atom is 0.122 e. The van der Waals surface area contributed by atoms with Crippen LogP contribution in [0, 0.1) is 11.8 Å². The third-order valence-corrected chi connectivity index (χ3v) is 3.83. The molecule has 3 rings (SSSR count). The molecule has 0 N–H and O–H groups in total. The van der Waals surface area contributed by atoms with Crippen molar-refractivity contribution in [2.24, 2.45) is 0 Å². The van der Waals surface area contributed by atoms with Crippen LogP contribution in [-0.2, 0) is 0 Å². The maximum atomic E-state index is 5.11. The number of pyridine rings is 1. The Labute approximate surface area is 138 Å². The molecule has 0 spiro atoms. The van der Waals surface area contributed by atoms with Gasteiger partial charge in [0, 0.05) is 11.8 Å². The van der Waals surface area contributed by atoms with E-state index in [2.05, 4.69) is 50.6 Å². The monoisotopic (exact) mass is 317 g/mol. The van der Waals surface area contributed by atoms with Gasteiger partial charge in [0.05, 0.1) is 9.47 Å². The number of hydrogen-bond acceptors (Lipinski definition) is 2. The highest BCUT2D eigenvalue weighted by atomic mass is 31.0. The molecule has 0 fully saturated rings. The van der Waals surface area contributed by atoms with Crippen molar-refractivity contribution in [3.05, 3.63) is 72.6 Å². The highest BCUT2D eigenvalue weighted by molar-refractivity contribution is 7.10. The summed E-state index contributed by atoms with van der Waals surface area (Å²) in [6.45, 7) is 1.81. The molecule has 23 heavy (non-hydrogen) atoms. The average Bonchev–Trinajstić information content (AvgIpc) is 2.63. The van der Waals surface area contributed by atoms with E-state index in [4.69, 9.17) is 4.52 Å². The molecule has 1 unspecified atom stereocenters. The summed E-state index contributed by atoms with van der Waals surface area (Å²) < 4.78 is 5.11. The molecule has 0 aliphatic carbocycles. The van der Waals surface area contributed by atoms with Gasteiger partial charge in [-0.05, 0) is 47.7 Å². The molecule has 3 heteroatoms. The molecule has 0 saturated carbocycles. The summed E-state index contributed by atoms with van der Waals surface area (Å²) in [7, 11) is 2.25. The molecule has 1 heterocycles. The van der Waals surface area contributed by atoms with E-state index in [1.165, 1.54) is 5.56 Å². The Morgan fingerprint density at radius 2 is 1.30 bits per heavy atom. The van der Waals surface area contributed by atoms with Gasteiger partial charge in [0.15, 0.2) is 0 Å². The van der Waals surface area contributed by atoms with E-state index in [0.717, 1.165) is 28.1 Å². The smallest absolute Gasteiger partial charge is 0.122 e. The zero-order valence-corrected chi connectivity index (χ0v) is 13.9. The van der Waals surface area contributed by atoms with Crippen molar-refractivity contribution in [2.45, 2.75) is 6.92 Å². The molecule has 3 aromatic rings. The predicted octanol–water partition coefficient (Wildman–Crippen LogP) is 4.96. The van der Waals surface area contributed by atoms with E-state index >= 15 is 0 Å². The van der Waals surface area contributed by atoms with E-state index in [1.807, 2.05) is 49.5 Å². The van der Waals surface area contributed by atoms with Crippen LogP contribution in [0.25, 0.3) is 22.3 Å². The number of rotatable bonds is 3. The minimum atomic E-state index is 0.796. The summed E-state index contributed by atoms with van der Waals surface area (Å²) in [6, 6.07) is 20.4. The van der Waals surface area contributed by atoms with Crippen molar-refractivity contribution in [1.82, 2.24) is 4.98 Å². The fourth-order valence-corrected chi connectivity index (χ4v) is 2.50. The zero-order chi connectivity index (χ0) is 16.1. The van der Waals surface area contributed by atoms with E-state index in [9.17, 15) is 0 Å². The van der Waals surface area contributed by atoms with Gasteiger partial charge in [0.2, 0.25) is 0 Å². The molecule has 0 amide bonds. The minimum absolute atomic E-state index is 0.796. The largest absolute Gasteiger partial charge is 0.480 e. The van der Waals surface area contributed by atoms with Crippen LogP contribution in [0.2, 0.25) is 0 Å². The van der Waals surface area contributed by atoms with Crippen LogP contribution in [0.4, 0.5) is 0 Å². The zero-order valence-electron chi connectivity index (χ0n) is 12.8. The van der Waals surface area contributed by atoms with Crippen LogP contribution in [0.5, 0.6) is 5.75 Å². The number of nitrogens with zero attached hydrogens (tertiary/aromatic N) is 1. The first-order valence-electron chi connectivity index (χ1n) is 7.26. The van der Waals surface area contributed by atoms with Gasteiger partial charge in [0.1, 0.15) is 11.4 Å². The van der Waals surface area contributed by atoms with Crippen LogP contribution in [0.1, 0.15) is 12.6 Å². The lowest BCUT2D eigenvalue weighted by atomic mass is 10.0. The van der Waals surface area contributed by atoms with Crippen LogP contribution in [0.3, 0.4) is 0 Å². The van der Waals surface area contributed by atoms with Crippen LogP contribution in [0.15, 0.2) is 66.9 Å². The molecule has 2 aromatic carbocycles. The number of hydrogen-bond donors (Lipinski definition) is 0. The highest BCUT2D eigenvalue weighted by Crippen LogP contribution is 2.26. The van der Waals surface area contributed by atoms with Crippen molar-refractivity contribution in [3.63, 3.8) is 0 Å². The molecule has 0 radical (unpaired) electrons. The lowest BCUT2D eigenvalue weighted by molar-refractivity contribution is 0.646. The molecule has 0 aliphatic heterocycles. The summed E-state index contributed by atoms with van der Waals surface area (Å²) >= 11 is 0. The second-order valence-electron chi connectivity index (χ2n) is 5.03. The van der Waals surface area contributed by atoms with Gasteiger partial charge in [-0.3, -0.25) is 0 Å². The highest BCUT2D eigenvalue weighted by Gasteiger charge is 2.01. The van der Waals surface area contributed by atoms with Gasteiger partial charge < -0.3 is 4.52 Å². The molecule has 112 valence electrons. The molecular formula is C20H16NOP. The third kappa shape index (κ3) is 3.59. The van der Waals surface area contributed by atoms with Crippen LogP contribution in [-0.4, -0.2) is 4.98 Å². The Morgan fingerprint density at radius 3 is 1.78 bits per heavy atom. The van der Waals surface area contributed by atoms with Crippen LogP contribution < -0.4 is 4.52 Å².